The zero-order valence-corrected chi connectivity index (χ0v) is 10.3. The lowest BCUT2D eigenvalue weighted by atomic mass is 9.95. The normalized spacial score (nSPS) is 10.2. The van der Waals surface area contributed by atoms with Crippen molar-refractivity contribution in [2.24, 2.45) is 0 Å². The van der Waals surface area contributed by atoms with E-state index in [1.807, 2.05) is 0 Å². The first-order valence-electron chi connectivity index (χ1n) is 5.00. The standard InChI is InChI=1S/C12H10ClF2NO2/c1-18-10(17)4-7-2-3-8(5-13)9(6-16)11(7)12(14)15/h2-3,12H,4-5H2,1H3. The van der Waals surface area contributed by atoms with Crippen LogP contribution in [0, 0.1) is 11.3 Å². The van der Waals surface area contributed by atoms with Crippen molar-refractivity contribution >= 4 is 17.6 Å². The van der Waals surface area contributed by atoms with Crippen molar-refractivity contribution in [1.82, 2.24) is 0 Å². The van der Waals surface area contributed by atoms with E-state index in [1.54, 1.807) is 6.07 Å². The molecule has 0 heterocycles. The first-order chi connectivity index (χ1) is 8.54. The molecule has 0 N–H and O–H groups in total. The minimum Gasteiger partial charge on any atom is -0.469 e. The predicted octanol–water partition coefficient (Wildman–Crippen LogP) is 2.95. The van der Waals surface area contributed by atoms with E-state index in [2.05, 4.69) is 4.74 Å². The van der Waals surface area contributed by atoms with Gasteiger partial charge in [0, 0.05) is 11.4 Å². The molecule has 96 valence electrons. The summed E-state index contributed by atoms with van der Waals surface area (Å²) in [7, 11) is 1.17. The zero-order chi connectivity index (χ0) is 13.7. The summed E-state index contributed by atoms with van der Waals surface area (Å²) in [5.74, 6) is -0.680. The van der Waals surface area contributed by atoms with Crippen LogP contribution in [0.1, 0.15) is 28.7 Å². The maximum atomic E-state index is 13.0. The van der Waals surface area contributed by atoms with Gasteiger partial charge < -0.3 is 4.74 Å². The number of methoxy groups -OCH3 is 1. The first kappa shape index (κ1) is 14.4. The van der Waals surface area contributed by atoms with Crippen molar-refractivity contribution in [3.8, 4) is 6.07 Å². The molecule has 0 spiro atoms. The number of alkyl halides is 3. The minimum atomic E-state index is -2.84. The van der Waals surface area contributed by atoms with Crippen molar-refractivity contribution in [1.29, 1.82) is 5.26 Å². The molecule has 0 atom stereocenters. The molecule has 0 aliphatic heterocycles. The third-order valence-corrected chi connectivity index (χ3v) is 2.75. The summed E-state index contributed by atoms with van der Waals surface area (Å²) in [4.78, 5) is 11.1. The molecule has 0 aliphatic rings. The number of hydrogen-bond donors (Lipinski definition) is 0. The Kier molecular flexibility index (Phi) is 5.05. The van der Waals surface area contributed by atoms with Gasteiger partial charge in [-0.05, 0) is 11.1 Å². The van der Waals surface area contributed by atoms with Gasteiger partial charge in [0.05, 0.1) is 25.2 Å². The molecule has 0 aromatic heterocycles. The van der Waals surface area contributed by atoms with Gasteiger partial charge in [-0.3, -0.25) is 4.79 Å². The molecule has 0 amide bonds. The van der Waals surface area contributed by atoms with Gasteiger partial charge in [0.15, 0.2) is 0 Å². The smallest absolute Gasteiger partial charge is 0.309 e. The Bertz CT molecular complexity index is 498. The van der Waals surface area contributed by atoms with E-state index in [1.165, 1.54) is 19.2 Å². The lowest BCUT2D eigenvalue weighted by molar-refractivity contribution is -0.139. The minimum absolute atomic E-state index is 0.0406. The number of halogens is 3. The number of ether oxygens (including phenoxy) is 1. The first-order valence-corrected chi connectivity index (χ1v) is 5.54. The Labute approximate surface area is 108 Å². The summed E-state index contributed by atoms with van der Waals surface area (Å²) >= 11 is 5.59. The number of carbonyl (C=O) groups excluding carboxylic acids is 1. The molecule has 0 fully saturated rings. The molecule has 0 radical (unpaired) electrons. The van der Waals surface area contributed by atoms with Gasteiger partial charge >= 0.3 is 5.97 Å². The van der Waals surface area contributed by atoms with E-state index in [-0.39, 0.29) is 23.4 Å². The fraction of sp³-hybridized carbons (Fsp3) is 0.333. The highest BCUT2D eigenvalue weighted by Crippen LogP contribution is 2.30. The Hall–Kier alpha value is -1.67. The third-order valence-electron chi connectivity index (χ3n) is 2.46. The van der Waals surface area contributed by atoms with Gasteiger partial charge in [-0.15, -0.1) is 11.6 Å². The van der Waals surface area contributed by atoms with E-state index in [9.17, 15) is 13.6 Å². The largest absolute Gasteiger partial charge is 0.469 e. The quantitative estimate of drug-likeness (QED) is 0.626. The fourth-order valence-electron chi connectivity index (χ4n) is 1.58. The van der Waals surface area contributed by atoms with Gasteiger partial charge in [-0.2, -0.15) is 5.26 Å². The van der Waals surface area contributed by atoms with E-state index in [0.717, 1.165) is 0 Å². The lowest BCUT2D eigenvalue weighted by Crippen LogP contribution is -2.09. The highest BCUT2D eigenvalue weighted by atomic mass is 35.5. The Morgan fingerprint density at radius 1 is 1.50 bits per heavy atom. The van der Waals surface area contributed by atoms with Gasteiger partial charge in [0.2, 0.25) is 0 Å². The average Bonchev–Trinajstić information content (AvgIpc) is 2.37. The predicted molar refractivity (Wildman–Crippen MR) is 61.4 cm³/mol. The van der Waals surface area contributed by atoms with Crippen molar-refractivity contribution in [3.63, 3.8) is 0 Å². The summed E-state index contributed by atoms with van der Waals surface area (Å²) in [6, 6.07) is 4.55. The second kappa shape index (κ2) is 6.31. The van der Waals surface area contributed by atoms with Crippen LogP contribution in [0.5, 0.6) is 0 Å². The number of benzene rings is 1. The van der Waals surface area contributed by atoms with Crippen LogP contribution in [0.2, 0.25) is 0 Å². The highest BCUT2D eigenvalue weighted by molar-refractivity contribution is 6.17. The second-order valence-corrected chi connectivity index (χ2v) is 3.74. The van der Waals surface area contributed by atoms with Crippen molar-refractivity contribution in [3.05, 3.63) is 34.4 Å². The van der Waals surface area contributed by atoms with E-state index in [0.29, 0.717) is 5.56 Å². The maximum absolute atomic E-state index is 13.0. The molecule has 0 saturated heterocycles. The summed E-state index contributed by atoms with van der Waals surface area (Å²) in [6.45, 7) is 0. The molecular formula is C12H10ClF2NO2. The fourth-order valence-corrected chi connectivity index (χ4v) is 1.81. The molecule has 1 rings (SSSR count). The summed E-state index contributed by atoms with van der Waals surface area (Å²) in [5.41, 5.74) is -0.201. The summed E-state index contributed by atoms with van der Waals surface area (Å²) in [5, 5.41) is 8.94. The van der Waals surface area contributed by atoms with Crippen LogP contribution in [0.4, 0.5) is 8.78 Å². The van der Waals surface area contributed by atoms with Crippen LogP contribution in [-0.2, 0) is 21.8 Å². The summed E-state index contributed by atoms with van der Waals surface area (Å²) in [6.07, 6.45) is -3.14. The number of nitriles is 1. The molecule has 0 bridgehead atoms. The monoisotopic (exact) mass is 273 g/mol. The van der Waals surface area contributed by atoms with Crippen molar-refractivity contribution in [2.75, 3.05) is 7.11 Å². The van der Waals surface area contributed by atoms with Crippen molar-refractivity contribution in [2.45, 2.75) is 18.7 Å². The molecule has 6 heteroatoms. The molecule has 0 unspecified atom stereocenters. The SMILES string of the molecule is COC(=O)Cc1ccc(CCl)c(C#N)c1C(F)F. The van der Waals surface area contributed by atoms with Crippen LogP contribution in [0.15, 0.2) is 12.1 Å². The average molecular weight is 274 g/mol. The Morgan fingerprint density at radius 3 is 2.56 bits per heavy atom. The number of carbonyl (C=O) groups is 1. The second-order valence-electron chi connectivity index (χ2n) is 3.47. The molecule has 18 heavy (non-hydrogen) atoms. The van der Waals surface area contributed by atoms with Crippen LogP contribution in [0.25, 0.3) is 0 Å². The zero-order valence-electron chi connectivity index (χ0n) is 9.54. The van der Waals surface area contributed by atoms with Crippen LogP contribution in [-0.4, -0.2) is 13.1 Å². The van der Waals surface area contributed by atoms with Gasteiger partial charge in [0.1, 0.15) is 0 Å². The summed E-state index contributed by atoms with van der Waals surface area (Å²) < 4.78 is 30.4. The van der Waals surface area contributed by atoms with E-state index < -0.39 is 18.0 Å². The Balaban J connectivity index is 3.36. The maximum Gasteiger partial charge on any atom is 0.309 e. The molecule has 1 aromatic rings. The van der Waals surface area contributed by atoms with Crippen LogP contribution >= 0.6 is 11.6 Å². The van der Waals surface area contributed by atoms with E-state index >= 15 is 0 Å². The number of hydrogen-bond acceptors (Lipinski definition) is 3. The molecule has 1 aromatic carbocycles. The molecule has 0 aliphatic carbocycles. The number of nitrogens with zero attached hydrogens (tertiary/aromatic N) is 1. The van der Waals surface area contributed by atoms with E-state index in [4.69, 9.17) is 16.9 Å². The lowest BCUT2D eigenvalue weighted by Gasteiger charge is -2.12. The molecular weight excluding hydrogens is 264 g/mol. The molecule has 3 nitrogen and oxygen atoms in total. The van der Waals surface area contributed by atoms with Crippen molar-refractivity contribution < 1.29 is 18.3 Å². The van der Waals surface area contributed by atoms with Gasteiger partial charge in [0.25, 0.3) is 6.43 Å². The van der Waals surface area contributed by atoms with Gasteiger partial charge in [-0.1, -0.05) is 12.1 Å². The van der Waals surface area contributed by atoms with Gasteiger partial charge in [-0.25, -0.2) is 8.78 Å². The number of rotatable bonds is 4. The van der Waals surface area contributed by atoms with Crippen LogP contribution < -0.4 is 0 Å². The third kappa shape index (κ3) is 2.96. The highest BCUT2D eigenvalue weighted by Gasteiger charge is 2.22. The topological polar surface area (TPSA) is 50.1 Å². The Morgan fingerprint density at radius 2 is 2.11 bits per heavy atom. The van der Waals surface area contributed by atoms with Crippen LogP contribution in [0.3, 0.4) is 0 Å². The number of esters is 1. The molecule has 0 saturated carbocycles.